The summed E-state index contributed by atoms with van der Waals surface area (Å²) in [6, 6.07) is 10.9. The number of ether oxygens (including phenoxy) is 1. The molecule has 4 nitrogen and oxygen atoms in total. The minimum Gasteiger partial charge on any atom is -0.508 e. The van der Waals surface area contributed by atoms with E-state index < -0.39 is 0 Å². The van der Waals surface area contributed by atoms with Crippen molar-refractivity contribution in [3.63, 3.8) is 0 Å². The molecule has 0 aliphatic carbocycles. The van der Waals surface area contributed by atoms with E-state index in [0.717, 1.165) is 29.7 Å². The molecule has 0 spiro atoms. The van der Waals surface area contributed by atoms with Gasteiger partial charge in [0.05, 0.1) is 6.61 Å². The molecule has 150 valence electrons. The van der Waals surface area contributed by atoms with Gasteiger partial charge in [0.2, 0.25) is 0 Å². The van der Waals surface area contributed by atoms with Gasteiger partial charge < -0.3 is 15.2 Å². The van der Waals surface area contributed by atoms with Crippen molar-refractivity contribution in [1.82, 2.24) is 0 Å². The van der Waals surface area contributed by atoms with Gasteiger partial charge in [0.1, 0.15) is 11.5 Å². The van der Waals surface area contributed by atoms with Gasteiger partial charge in [-0.2, -0.15) is 0 Å². The SMILES string of the molecule is CCCOc1cc(O)c(C(C)(C)CC)cc1/C=C/C(=O)c1ccc(NC)cc1. The van der Waals surface area contributed by atoms with E-state index >= 15 is 0 Å². The zero-order valence-electron chi connectivity index (χ0n) is 17.5. The summed E-state index contributed by atoms with van der Waals surface area (Å²) >= 11 is 0. The smallest absolute Gasteiger partial charge is 0.185 e. The highest BCUT2D eigenvalue weighted by molar-refractivity contribution is 6.07. The van der Waals surface area contributed by atoms with Crippen LogP contribution < -0.4 is 10.1 Å². The van der Waals surface area contributed by atoms with E-state index in [4.69, 9.17) is 4.74 Å². The maximum Gasteiger partial charge on any atom is 0.185 e. The van der Waals surface area contributed by atoms with Gasteiger partial charge in [-0.15, -0.1) is 0 Å². The number of benzene rings is 2. The van der Waals surface area contributed by atoms with Crippen LogP contribution in [0.4, 0.5) is 5.69 Å². The lowest BCUT2D eigenvalue weighted by Crippen LogP contribution is -2.16. The fraction of sp³-hybridized carbons (Fsp3) is 0.375. The van der Waals surface area contributed by atoms with Crippen molar-refractivity contribution in [2.75, 3.05) is 19.0 Å². The standard InChI is InChI=1S/C24H31NO3/c1-6-14-28-23-16-22(27)20(24(3,4)7-2)15-18(23)10-13-21(26)17-8-11-19(25-5)12-9-17/h8-13,15-16,25,27H,6-7,14H2,1-5H3/b13-10+. The molecular formula is C24H31NO3. The first-order chi connectivity index (χ1) is 13.3. The van der Waals surface area contributed by atoms with Crippen LogP contribution in [0.1, 0.15) is 62.0 Å². The minimum atomic E-state index is -0.178. The number of nitrogens with one attached hydrogen (secondary N) is 1. The van der Waals surface area contributed by atoms with E-state index in [2.05, 4.69) is 26.1 Å². The number of ketones is 1. The van der Waals surface area contributed by atoms with Crippen molar-refractivity contribution >= 4 is 17.5 Å². The van der Waals surface area contributed by atoms with Crippen LogP contribution in [0.3, 0.4) is 0 Å². The number of allylic oxidation sites excluding steroid dienone is 1. The number of hydrogen-bond donors (Lipinski definition) is 2. The molecule has 0 heterocycles. The molecule has 0 unspecified atom stereocenters. The van der Waals surface area contributed by atoms with Crippen LogP contribution in [0.2, 0.25) is 0 Å². The number of phenols is 1. The second kappa shape index (κ2) is 9.45. The summed E-state index contributed by atoms with van der Waals surface area (Å²) in [4.78, 5) is 12.6. The molecule has 0 fully saturated rings. The molecule has 28 heavy (non-hydrogen) atoms. The topological polar surface area (TPSA) is 58.6 Å². The Hall–Kier alpha value is -2.75. The van der Waals surface area contributed by atoms with Crippen LogP contribution in [0, 0.1) is 0 Å². The third-order valence-electron chi connectivity index (χ3n) is 5.08. The van der Waals surface area contributed by atoms with Gasteiger partial charge in [0.25, 0.3) is 0 Å². The molecule has 2 rings (SSSR count). The van der Waals surface area contributed by atoms with Crippen molar-refractivity contribution in [3.8, 4) is 11.5 Å². The van der Waals surface area contributed by atoms with E-state index in [1.165, 1.54) is 0 Å². The molecule has 0 radical (unpaired) electrons. The highest BCUT2D eigenvalue weighted by atomic mass is 16.5. The normalized spacial score (nSPS) is 11.6. The Labute approximate surface area is 168 Å². The lowest BCUT2D eigenvalue weighted by Gasteiger charge is -2.25. The average Bonchev–Trinajstić information content (AvgIpc) is 2.70. The van der Waals surface area contributed by atoms with Crippen LogP contribution in [0.25, 0.3) is 6.08 Å². The molecule has 2 aromatic carbocycles. The number of anilines is 1. The van der Waals surface area contributed by atoms with Gasteiger partial charge in [0, 0.05) is 35.5 Å². The van der Waals surface area contributed by atoms with Gasteiger partial charge in [0.15, 0.2) is 5.78 Å². The van der Waals surface area contributed by atoms with Crippen LogP contribution in [0.5, 0.6) is 11.5 Å². The molecule has 0 amide bonds. The van der Waals surface area contributed by atoms with E-state index in [0.29, 0.717) is 17.9 Å². The molecule has 0 aliphatic heterocycles. The number of hydrogen-bond acceptors (Lipinski definition) is 4. The highest BCUT2D eigenvalue weighted by Crippen LogP contribution is 2.38. The van der Waals surface area contributed by atoms with Crippen molar-refractivity contribution in [3.05, 3.63) is 59.2 Å². The number of aromatic hydroxyl groups is 1. The molecule has 0 saturated heterocycles. The number of carbonyl (C=O) groups excluding carboxylic acids is 1. The van der Waals surface area contributed by atoms with Gasteiger partial charge >= 0.3 is 0 Å². The average molecular weight is 382 g/mol. The maximum atomic E-state index is 12.6. The van der Waals surface area contributed by atoms with Crippen LogP contribution in [-0.4, -0.2) is 24.5 Å². The summed E-state index contributed by atoms with van der Waals surface area (Å²) in [6.45, 7) is 8.86. The molecule has 0 bridgehead atoms. The summed E-state index contributed by atoms with van der Waals surface area (Å²) < 4.78 is 5.81. The zero-order valence-corrected chi connectivity index (χ0v) is 17.5. The Morgan fingerprint density at radius 2 is 1.86 bits per heavy atom. The van der Waals surface area contributed by atoms with Gasteiger partial charge in [-0.1, -0.05) is 27.7 Å². The molecule has 4 heteroatoms. The third-order valence-corrected chi connectivity index (χ3v) is 5.08. The first-order valence-corrected chi connectivity index (χ1v) is 9.83. The first kappa shape index (κ1) is 21.5. The van der Waals surface area contributed by atoms with E-state index in [1.807, 2.05) is 32.2 Å². The molecule has 0 aromatic heterocycles. The lowest BCUT2D eigenvalue weighted by atomic mass is 9.81. The van der Waals surface area contributed by atoms with Crippen molar-refractivity contribution in [2.24, 2.45) is 0 Å². The predicted molar refractivity (Wildman–Crippen MR) is 117 cm³/mol. The summed E-state index contributed by atoms with van der Waals surface area (Å²) in [7, 11) is 1.84. The quantitative estimate of drug-likeness (QED) is 0.425. The summed E-state index contributed by atoms with van der Waals surface area (Å²) in [5.41, 5.74) is 3.05. The summed E-state index contributed by atoms with van der Waals surface area (Å²) in [6.07, 6.45) is 5.08. The van der Waals surface area contributed by atoms with Crippen molar-refractivity contribution < 1.29 is 14.6 Å². The van der Waals surface area contributed by atoms with Crippen LogP contribution in [-0.2, 0) is 5.41 Å². The van der Waals surface area contributed by atoms with Gasteiger partial charge in [-0.05, 0) is 60.7 Å². The number of phenolic OH excluding ortho intramolecular Hbond substituents is 1. The molecule has 2 N–H and O–H groups in total. The lowest BCUT2D eigenvalue weighted by molar-refractivity contribution is 0.104. The zero-order chi connectivity index (χ0) is 20.7. The number of carbonyl (C=O) groups is 1. The van der Waals surface area contributed by atoms with Crippen LogP contribution >= 0.6 is 0 Å². The molecule has 2 aromatic rings. The molecule has 0 aliphatic rings. The van der Waals surface area contributed by atoms with E-state index in [1.54, 1.807) is 30.4 Å². The maximum absolute atomic E-state index is 12.6. The summed E-state index contributed by atoms with van der Waals surface area (Å²) in [5.74, 6) is 0.738. The summed E-state index contributed by atoms with van der Waals surface area (Å²) in [5, 5.41) is 13.5. The first-order valence-electron chi connectivity index (χ1n) is 9.83. The van der Waals surface area contributed by atoms with Crippen molar-refractivity contribution in [1.29, 1.82) is 0 Å². The van der Waals surface area contributed by atoms with Crippen molar-refractivity contribution in [2.45, 2.75) is 46.0 Å². The molecular weight excluding hydrogens is 350 g/mol. The van der Waals surface area contributed by atoms with E-state index in [9.17, 15) is 9.90 Å². The van der Waals surface area contributed by atoms with Gasteiger partial charge in [-0.3, -0.25) is 4.79 Å². The highest BCUT2D eigenvalue weighted by Gasteiger charge is 2.23. The Balaban J connectivity index is 2.38. The second-order valence-corrected chi connectivity index (χ2v) is 7.52. The number of rotatable bonds is 9. The van der Waals surface area contributed by atoms with Gasteiger partial charge in [-0.25, -0.2) is 0 Å². The Morgan fingerprint density at radius 3 is 2.43 bits per heavy atom. The third kappa shape index (κ3) is 5.16. The second-order valence-electron chi connectivity index (χ2n) is 7.52. The Bertz CT molecular complexity index is 836. The Kier molecular flexibility index (Phi) is 7.27. The fourth-order valence-corrected chi connectivity index (χ4v) is 2.85. The fourth-order valence-electron chi connectivity index (χ4n) is 2.85. The predicted octanol–water partition coefficient (Wildman–Crippen LogP) is 5.81. The Morgan fingerprint density at radius 1 is 1.18 bits per heavy atom. The van der Waals surface area contributed by atoms with Crippen LogP contribution in [0.15, 0.2) is 42.5 Å². The monoisotopic (exact) mass is 381 g/mol. The van der Waals surface area contributed by atoms with E-state index in [-0.39, 0.29) is 16.9 Å². The largest absolute Gasteiger partial charge is 0.508 e. The molecule has 0 atom stereocenters. The minimum absolute atomic E-state index is 0.0755. The molecule has 0 saturated carbocycles.